The van der Waals surface area contributed by atoms with Crippen LogP contribution in [0.1, 0.15) is 245 Å². The molecule has 0 saturated heterocycles. The van der Waals surface area contributed by atoms with E-state index in [9.17, 15) is 14.4 Å². The van der Waals surface area contributed by atoms with E-state index in [0.29, 0.717) is 25.7 Å². The average Bonchev–Trinajstić information content (AvgIpc) is 3.38. The van der Waals surface area contributed by atoms with Gasteiger partial charge in [0.1, 0.15) is 13.2 Å². The van der Waals surface area contributed by atoms with Gasteiger partial charge < -0.3 is 14.2 Å². The number of hydrogen-bond acceptors (Lipinski definition) is 6. The summed E-state index contributed by atoms with van der Waals surface area (Å²) < 4.78 is 16.7. The topological polar surface area (TPSA) is 78.9 Å². The van der Waals surface area contributed by atoms with E-state index in [4.69, 9.17) is 14.2 Å². The molecule has 0 aromatic carbocycles. The van der Waals surface area contributed by atoms with Crippen molar-refractivity contribution >= 4 is 17.9 Å². The standard InChI is InChI=1S/C66H106O6/c1-4-7-10-13-16-18-20-22-24-25-26-27-28-29-30-31-32-33-34-35-36-37-38-39-40-41-42-44-45-47-50-53-56-59-65(68)71-62-63(61-70-64(67)58-55-52-49-15-12-9-6-3)72-66(69)60-57-54-51-48-46-43-23-21-19-17-14-11-8-5-2/h7,10,16,18,21-24,26-27,29-30,32-33,35-36,38-39,41-42,45,47,63H,4-6,8-9,11-15,17,19-20,25,28,31,34,37,40,43-44,46,48-62H2,1-3H3/b10-7-,18-16-,23-21-,24-22-,27-26-,30-29-,33-32-,36-35-,39-38-,42-41-,47-45-. The second-order valence-corrected chi connectivity index (χ2v) is 18.8. The minimum absolute atomic E-state index is 0.0974. The lowest BCUT2D eigenvalue weighted by molar-refractivity contribution is -0.167. The lowest BCUT2D eigenvalue weighted by Crippen LogP contribution is -2.30. The van der Waals surface area contributed by atoms with Crippen molar-refractivity contribution in [3.8, 4) is 0 Å². The van der Waals surface area contributed by atoms with Gasteiger partial charge in [0, 0.05) is 19.3 Å². The minimum atomic E-state index is -0.800. The predicted octanol–water partition coefficient (Wildman–Crippen LogP) is 19.8. The van der Waals surface area contributed by atoms with Crippen molar-refractivity contribution in [2.24, 2.45) is 0 Å². The van der Waals surface area contributed by atoms with Crippen LogP contribution >= 0.6 is 0 Å². The number of unbranched alkanes of at least 4 members (excludes halogenated alkanes) is 18. The maximum absolute atomic E-state index is 12.8. The molecule has 0 amide bonds. The van der Waals surface area contributed by atoms with E-state index in [1.165, 1.54) is 70.6 Å². The number of esters is 3. The molecule has 72 heavy (non-hydrogen) atoms. The number of allylic oxidation sites excluding steroid dienone is 22. The Labute approximate surface area is 443 Å². The summed E-state index contributed by atoms with van der Waals surface area (Å²) >= 11 is 0. The Hall–Kier alpha value is -4.45. The van der Waals surface area contributed by atoms with Crippen molar-refractivity contribution < 1.29 is 28.6 Å². The summed E-state index contributed by atoms with van der Waals surface area (Å²) in [7, 11) is 0. The van der Waals surface area contributed by atoms with Crippen LogP contribution in [-0.2, 0) is 28.6 Å². The summed E-state index contributed by atoms with van der Waals surface area (Å²) in [6.45, 7) is 6.41. The summed E-state index contributed by atoms with van der Waals surface area (Å²) in [5.74, 6) is -0.964. The van der Waals surface area contributed by atoms with E-state index < -0.39 is 6.10 Å². The molecule has 0 heterocycles. The van der Waals surface area contributed by atoms with Gasteiger partial charge in [0.15, 0.2) is 6.10 Å². The number of ether oxygens (including phenoxy) is 3. The molecule has 0 aliphatic heterocycles. The maximum atomic E-state index is 12.8. The third kappa shape index (κ3) is 56.5. The number of carbonyl (C=O) groups excluding carboxylic acids is 3. The van der Waals surface area contributed by atoms with Crippen LogP contribution in [0, 0.1) is 0 Å². The zero-order chi connectivity index (χ0) is 52.2. The molecule has 0 aromatic rings. The lowest BCUT2D eigenvalue weighted by Gasteiger charge is -2.18. The fraction of sp³-hybridized carbons (Fsp3) is 0.621. The van der Waals surface area contributed by atoms with Crippen molar-refractivity contribution in [1.29, 1.82) is 0 Å². The highest BCUT2D eigenvalue weighted by molar-refractivity contribution is 5.71. The highest BCUT2D eigenvalue weighted by Crippen LogP contribution is 2.13. The van der Waals surface area contributed by atoms with E-state index >= 15 is 0 Å². The molecule has 406 valence electrons. The molecule has 0 aliphatic rings. The van der Waals surface area contributed by atoms with Crippen LogP contribution in [0.25, 0.3) is 0 Å². The molecule has 0 saturated carbocycles. The van der Waals surface area contributed by atoms with Crippen LogP contribution in [-0.4, -0.2) is 37.2 Å². The van der Waals surface area contributed by atoms with E-state index in [-0.39, 0.29) is 31.1 Å². The van der Waals surface area contributed by atoms with Crippen LogP contribution < -0.4 is 0 Å². The summed E-state index contributed by atoms with van der Waals surface area (Å²) in [5, 5.41) is 0. The second-order valence-electron chi connectivity index (χ2n) is 18.8. The maximum Gasteiger partial charge on any atom is 0.306 e. The van der Waals surface area contributed by atoms with E-state index in [0.717, 1.165) is 128 Å². The summed E-state index contributed by atoms with van der Waals surface area (Å²) in [5.41, 5.74) is 0. The van der Waals surface area contributed by atoms with Crippen molar-refractivity contribution in [3.05, 3.63) is 134 Å². The molecule has 0 bridgehead atoms. The third-order valence-electron chi connectivity index (χ3n) is 11.9. The first-order chi connectivity index (χ1) is 35.5. The van der Waals surface area contributed by atoms with Gasteiger partial charge in [-0.1, -0.05) is 238 Å². The Balaban J connectivity index is 4.25. The summed E-state index contributed by atoms with van der Waals surface area (Å²) in [6.07, 6.45) is 83.3. The minimum Gasteiger partial charge on any atom is -0.462 e. The smallest absolute Gasteiger partial charge is 0.306 e. The number of hydrogen-bond donors (Lipinski definition) is 0. The van der Waals surface area contributed by atoms with Gasteiger partial charge in [-0.25, -0.2) is 0 Å². The molecule has 0 fully saturated rings. The van der Waals surface area contributed by atoms with Crippen molar-refractivity contribution in [2.75, 3.05) is 13.2 Å². The zero-order valence-corrected chi connectivity index (χ0v) is 46.4. The van der Waals surface area contributed by atoms with E-state index in [1.54, 1.807) is 0 Å². The van der Waals surface area contributed by atoms with Gasteiger partial charge in [0.05, 0.1) is 0 Å². The molecular formula is C66H106O6. The van der Waals surface area contributed by atoms with Crippen LogP contribution in [0.2, 0.25) is 0 Å². The van der Waals surface area contributed by atoms with Crippen molar-refractivity contribution in [2.45, 2.75) is 252 Å². The van der Waals surface area contributed by atoms with Gasteiger partial charge in [-0.15, -0.1) is 0 Å². The van der Waals surface area contributed by atoms with Crippen molar-refractivity contribution in [1.82, 2.24) is 0 Å². The first-order valence-corrected chi connectivity index (χ1v) is 29.2. The summed E-state index contributed by atoms with van der Waals surface area (Å²) in [4.78, 5) is 37.9. The van der Waals surface area contributed by atoms with Gasteiger partial charge in [-0.2, -0.15) is 0 Å². The Morgan fingerprint density at radius 1 is 0.292 bits per heavy atom. The van der Waals surface area contributed by atoms with Gasteiger partial charge in [-0.05, 0) is 122 Å². The molecule has 1 unspecified atom stereocenters. The highest BCUT2D eigenvalue weighted by Gasteiger charge is 2.19. The normalized spacial score (nSPS) is 13.1. The van der Waals surface area contributed by atoms with Gasteiger partial charge in [-0.3, -0.25) is 14.4 Å². The summed E-state index contributed by atoms with van der Waals surface area (Å²) in [6, 6.07) is 0. The van der Waals surface area contributed by atoms with Crippen LogP contribution in [0.15, 0.2) is 134 Å². The Kier molecular flexibility index (Phi) is 55.5. The average molecular weight is 996 g/mol. The van der Waals surface area contributed by atoms with Gasteiger partial charge in [0.25, 0.3) is 0 Å². The fourth-order valence-corrected chi connectivity index (χ4v) is 7.52. The highest BCUT2D eigenvalue weighted by atomic mass is 16.6. The molecule has 6 heteroatoms. The first kappa shape index (κ1) is 67.5. The zero-order valence-electron chi connectivity index (χ0n) is 46.4. The van der Waals surface area contributed by atoms with Crippen LogP contribution in [0.4, 0.5) is 0 Å². The number of rotatable bonds is 51. The SMILES string of the molecule is CC/C=C\C/C=C\C/C=C\C/C=C\C/C=C\C/C=C\C/C=C\C/C=C\C/C=C\C/C=C\CCCCC(=O)OCC(COC(=O)CCCCCCCCC)OC(=O)CCCCCCC/C=C\CCCCCCC. The Bertz CT molecular complexity index is 1560. The third-order valence-corrected chi connectivity index (χ3v) is 11.9. The van der Waals surface area contributed by atoms with E-state index in [2.05, 4.69) is 154 Å². The molecule has 0 N–H and O–H groups in total. The predicted molar refractivity (Wildman–Crippen MR) is 311 cm³/mol. The molecule has 0 aliphatic carbocycles. The molecule has 0 aromatic heterocycles. The molecule has 6 nitrogen and oxygen atoms in total. The largest absolute Gasteiger partial charge is 0.462 e. The fourth-order valence-electron chi connectivity index (χ4n) is 7.52. The van der Waals surface area contributed by atoms with Crippen LogP contribution in [0.3, 0.4) is 0 Å². The van der Waals surface area contributed by atoms with Gasteiger partial charge in [0.2, 0.25) is 0 Å². The van der Waals surface area contributed by atoms with Crippen LogP contribution in [0.5, 0.6) is 0 Å². The Morgan fingerprint density at radius 2 is 0.542 bits per heavy atom. The Morgan fingerprint density at radius 3 is 0.889 bits per heavy atom. The second kappa shape index (κ2) is 59.1. The van der Waals surface area contributed by atoms with Gasteiger partial charge >= 0.3 is 17.9 Å². The quantitative estimate of drug-likeness (QED) is 0.0261. The lowest BCUT2D eigenvalue weighted by atomic mass is 10.1. The molecule has 0 radical (unpaired) electrons. The molecule has 0 rings (SSSR count). The van der Waals surface area contributed by atoms with E-state index in [1.807, 2.05) is 0 Å². The molecule has 1 atom stereocenters. The molecule has 0 spiro atoms. The van der Waals surface area contributed by atoms with Crippen molar-refractivity contribution in [3.63, 3.8) is 0 Å². The molecular weight excluding hydrogens is 889 g/mol. The number of carbonyl (C=O) groups is 3. The monoisotopic (exact) mass is 995 g/mol. The first-order valence-electron chi connectivity index (χ1n) is 29.2.